The van der Waals surface area contributed by atoms with Crippen molar-refractivity contribution in [1.82, 2.24) is 0 Å². The van der Waals surface area contributed by atoms with E-state index in [0.717, 1.165) is 0 Å². The van der Waals surface area contributed by atoms with Gasteiger partial charge in [-0.05, 0) is 48.5 Å². The Bertz CT molecular complexity index is 987. The average molecular weight is 385 g/mol. The lowest BCUT2D eigenvalue weighted by Gasteiger charge is -2.07. The fourth-order valence-corrected chi connectivity index (χ4v) is 2.77. The second-order valence-corrected chi connectivity index (χ2v) is 6.29. The highest BCUT2D eigenvalue weighted by Crippen LogP contribution is 2.24. The van der Waals surface area contributed by atoms with Gasteiger partial charge in [-0.15, -0.1) is 0 Å². The van der Waals surface area contributed by atoms with E-state index in [4.69, 9.17) is 23.2 Å². The normalized spacial score (nSPS) is 10.8. The topological polar surface area (TPSA) is 61.7 Å². The molecule has 0 bridgehead atoms. The van der Waals surface area contributed by atoms with Crippen molar-refractivity contribution in [1.29, 1.82) is 0 Å². The molecule has 0 aliphatic rings. The summed E-state index contributed by atoms with van der Waals surface area (Å²) in [5.74, 6) is -0.188. The highest BCUT2D eigenvalue weighted by molar-refractivity contribution is 6.37. The Labute approximate surface area is 160 Å². The molecule has 0 aliphatic heterocycles. The van der Waals surface area contributed by atoms with Crippen molar-refractivity contribution in [2.24, 2.45) is 4.99 Å². The highest BCUT2D eigenvalue weighted by atomic mass is 35.5. The van der Waals surface area contributed by atoms with Gasteiger partial charge >= 0.3 is 0 Å². The van der Waals surface area contributed by atoms with Crippen LogP contribution >= 0.6 is 23.2 Å². The summed E-state index contributed by atoms with van der Waals surface area (Å²) in [6.07, 6.45) is 1.56. The molecule has 0 fully saturated rings. The van der Waals surface area contributed by atoms with Crippen molar-refractivity contribution in [3.63, 3.8) is 0 Å². The lowest BCUT2D eigenvalue weighted by Crippen LogP contribution is -2.12. The Morgan fingerprint density at radius 1 is 1.00 bits per heavy atom. The summed E-state index contributed by atoms with van der Waals surface area (Å²) in [7, 11) is 0. The lowest BCUT2D eigenvalue weighted by atomic mass is 10.2. The van der Waals surface area contributed by atoms with E-state index in [-0.39, 0.29) is 16.7 Å². The number of anilines is 1. The van der Waals surface area contributed by atoms with Crippen LogP contribution in [-0.4, -0.2) is 17.2 Å². The van der Waals surface area contributed by atoms with E-state index in [1.165, 1.54) is 6.07 Å². The minimum absolute atomic E-state index is 0.151. The maximum absolute atomic E-state index is 12.4. The van der Waals surface area contributed by atoms with Gasteiger partial charge in [0.05, 0.1) is 16.3 Å². The molecule has 0 aromatic heterocycles. The van der Waals surface area contributed by atoms with Crippen LogP contribution in [0.15, 0.2) is 71.7 Å². The number of carbonyl (C=O) groups is 1. The Hall–Kier alpha value is -2.82. The Balaban J connectivity index is 1.77. The zero-order valence-corrected chi connectivity index (χ0v) is 15.0. The second kappa shape index (κ2) is 8.04. The smallest absolute Gasteiger partial charge is 0.257 e. The minimum Gasteiger partial charge on any atom is -0.507 e. The SMILES string of the molecule is O=C(Nc1cccc(/N=C/c2ccccc2O)c1)c1ccc(Cl)cc1Cl. The third-order valence-corrected chi connectivity index (χ3v) is 4.12. The molecule has 0 heterocycles. The van der Waals surface area contributed by atoms with Gasteiger partial charge in [-0.25, -0.2) is 0 Å². The number of halogens is 2. The summed E-state index contributed by atoms with van der Waals surface area (Å²) in [5, 5.41) is 13.3. The molecule has 0 spiro atoms. The molecule has 2 N–H and O–H groups in total. The number of nitrogens with one attached hydrogen (secondary N) is 1. The van der Waals surface area contributed by atoms with E-state index in [1.54, 1.807) is 60.8 Å². The third kappa shape index (κ3) is 4.42. The number of rotatable bonds is 4. The predicted molar refractivity (Wildman–Crippen MR) is 106 cm³/mol. The van der Waals surface area contributed by atoms with Crippen LogP contribution in [0.5, 0.6) is 5.75 Å². The molecule has 0 radical (unpaired) electrons. The highest BCUT2D eigenvalue weighted by Gasteiger charge is 2.11. The number of hydrogen-bond acceptors (Lipinski definition) is 3. The molecule has 0 atom stereocenters. The lowest BCUT2D eigenvalue weighted by molar-refractivity contribution is 0.102. The Morgan fingerprint density at radius 2 is 1.81 bits per heavy atom. The molecule has 3 aromatic rings. The standard InChI is InChI=1S/C20H14Cl2N2O2/c21-14-8-9-17(18(22)10-14)20(26)24-16-6-3-5-15(11-16)23-12-13-4-1-2-7-19(13)25/h1-12,25H,(H,24,26)/b23-12+. The van der Waals surface area contributed by atoms with Gasteiger partial charge in [-0.2, -0.15) is 0 Å². The molecule has 26 heavy (non-hydrogen) atoms. The Kier molecular flexibility index (Phi) is 5.56. The molecule has 3 rings (SSSR count). The number of aliphatic imine (C=N–C) groups is 1. The van der Waals surface area contributed by atoms with Crippen molar-refractivity contribution in [3.05, 3.63) is 87.9 Å². The first-order chi connectivity index (χ1) is 12.5. The van der Waals surface area contributed by atoms with Gasteiger partial charge in [-0.3, -0.25) is 9.79 Å². The van der Waals surface area contributed by atoms with Gasteiger partial charge in [0.2, 0.25) is 0 Å². The van der Waals surface area contributed by atoms with Gasteiger partial charge < -0.3 is 10.4 Å². The number of phenolic OH excluding ortho intramolecular Hbond substituents is 1. The van der Waals surface area contributed by atoms with E-state index in [0.29, 0.717) is 27.5 Å². The quantitative estimate of drug-likeness (QED) is 0.566. The first-order valence-electron chi connectivity index (χ1n) is 7.71. The van der Waals surface area contributed by atoms with Crippen molar-refractivity contribution < 1.29 is 9.90 Å². The number of benzene rings is 3. The summed E-state index contributed by atoms with van der Waals surface area (Å²) < 4.78 is 0. The van der Waals surface area contributed by atoms with Crippen LogP contribution in [-0.2, 0) is 0 Å². The first kappa shape index (κ1) is 18.0. The van der Waals surface area contributed by atoms with Crippen LogP contribution < -0.4 is 5.32 Å². The van der Waals surface area contributed by atoms with E-state index in [1.807, 2.05) is 6.07 Å². The zero-order chi connectivity index (χ0) is 18.5. The monoisotopic (exact) mass is 384 g/mol. The van der Waals surface area contributed by atoms with Crippen molar-refractivity contribution in [2.45, 2.75) is 0 Å². The predicted octanol–water partition coefficient (Wildman–Crippen LogP) is 5.70. The van der Waals surface area contributed by atoms with Gasteiger partial charge in [0, 0.05) is 22.5 Å². The number of carbonyl (C=O) groups excluding carboxylic acids is 1. The summed E-state index contributed by atoms with van der Waals surface area (Å²) in [6.45, 7) is 0. The largest absolute Gasteiger partial charge is 0.507 e. The maximum Gasteiger partial charge on any atom is 0.257 e. The van der Waals surface area contributed by atoms with E-state index in [2.05, 4.69) is 10.3 Å². The van der Waals surface area contributed by atoms with Crippen LogP contribution in [0, 0.1) is 0 Å². The molecule has 0 saturated heterocycles. The number of nitrogens with zero attached hydrogens (tertiary/aromatic N) is 1. The first-order valence-corrected chi connectivity index (χ1v) is 8.47. The summed E-state index contributed by atoms with van der Waals surface area (Å²) in [5.41, 5.74) is 2.15. The molecular weight excluding hydrogens is 371 g/mol. The molecule has 1 amide bonds. The third-order valence-electron chi connectivity index (χ3n) is 3.57. The number of aromatic hydroxyl groups is 1. The summed E-state index contributed by atoms with van der Waals surface area (Å²) in [6, 6.07) is 18.6. The Morgan fingerprint density at radius 3 is 2.58 bits per heavy atom. The van der Waals surface area contributed by atoms with Crippen LogP contribution in [0.3, 0.4) is 0 Å². The molecule has 0 aliphatic carbocycles. The fraction of sp³-hybridized carbons (Fsp3) is 0. The molecule has 0 unspecified atom stereocenters. The van der Waals surface area contributed by atoms with Crippen molar-refractivity contribution in [3.8, 4) is 5.75 Å². The molecule has 130 valence electrons. The fourth-order valence-electron chi connectivity index (χ4n) is 2.28. The number of phenols is 1. The van der Waals surface area contributed by atoms with E-state index in [9.17, 15) is 9.90 Å². The van der Waals surface area contributed by atoms with Crippen LogP contribution in [0.25, 0.3) is 0 Å². The zero-order valence-electron chi connectivity index (χ0n) is 13.5. The summed E-state index contributed by atoms with van der Waals surface area (Å²) in [4.78, 5) is 16.7. The average Bonchev–Trinajstić information content (AvgIpc) is 2.61. The molecule has 4 nitrogen and oxygen atoms in total. The van der Waals surface area contributed by atoms with Crippen molar-refractivity contribution in [2.75, 3.05) is 5.32 Å². The van der Waals surface area contributed by atoms with Gasteiger partial charge in [0.1, 0.15) is 5.75 Å². The molecule has 0 saturated carbocycles. The van der Waals surface area contributed by atoms with Gasteiger partial charge in [0.25, 0.3) is 5.91 Å². The second-order valence-electron chi connectivity index (χ2n) is 5.45. The maximum atomic E-state index is 12.4. The number of para-hydroxylation sites is 1. The van der Waals surface area contributed by atoms with E-state index < -0.39 is 0 Å². The molecule has 6 heteroatoms. The molecule has 3 aromatic carbocycles. The van der Waals surface area contributed by atoms with Crippen LogP contribution in [0.1, 0.15) is 15.9 Å². The van der Waals surface area contributed by atoms with Crippen molar-refractivity contribution >= 4 is 46.7 Å². The van der Waals surface area contributed by atoms with Gasteiger partial charge in [-0.1, -0.05) is 41.4 Å². The van der Waals surface area contributed by atoms with Gasteiger partial charge in [0.15, 0.2) is 0 Å². The van der Waals surface area contributed by atoms with Crippen LogP contribution in [0.2, 0.25) is 10.0 Å². The molecular formula is C20H14Cl2N2O2. The summed E-state index contributed by atoms with van der Waals surface area (Å²) >= 11 is 11.9. The number of amides is 1. The van der Waals surface area contributed by atoms with Crippen LogP contribution in [0.4, 0.5) is 11.4 Å². The van der Waals surface area contributed by atoms with E-state index >= 15 is 0 Å². The number of hydrogen-bond donors (Lipinski definition) is 2. The minimum atomic E-state index is -0.339.